The topological polar surface area (TPSA) is 75.4 Å². The molecule has 4 heteroatoms. The van der Waals surface area contributed by atoms with Crippen LogP contribution in [0.4, 0.5) is 0 Å². The monoisotopic (exact) mass is 250 g/mol. The van der Waals surface area contributed by atoms with Crippen molar-refractivity contribution in [2.45, 2.75) is 32.9 Å². The van der Waals surface area contributed by atoms with Gasteiger partial charge in [-0.05, 0) is 11.0 Å². The molecule has 0 fully saturated rings. The maximum absolute atomic E-state index is 12.0. The van der Waals surface area contributed by atoms with Crippen LogP contribution in [-0.4, -0.2) is 23.7 Å². The summed E-state index contributed by atoms with van der Waals surface area (Å²) in [4.78, 5) is 12.0. The quantitative estimate of drug-likeness (QED) is 0.752. The first-order valence-corrected chi connectivity index (χ1v) is 6.08. The van der Waals surface area contributed by atoms with Crippen molar-refractivity contribution in [3.63, 3.8) is 0 Å². The Hall–Kier alpha value is -1.39. The molecular weight excluding hydrogens is 228 g/mol. The van der Waals surface area contributed by atoms with Gasteiger partial charge in [-0.2, -0.15) is 0 Å². The van der Waals surface area contributed by atoms with E-state index in [2.05, 4.69) is 5.32 Å². The largest absolute Gasteiger partial charge is 0.394 e. The molecule has 0 saturated heterocycles. The van der Waals surface area contributed by atoms with Crippen molar-refractivity contribution in [2.75, 3.05) is 6.61 Å². The fourth-order valence-corrected chi connectivity index (χ4v) is 1.57. The van der Waals surface area contributed by atoms with Crippen LogP contribution in [0.15, 0.2) is 30.3 Å². The number of nitrogens with one attached hydrogen (secondary N) is 1. The molecule has 0 aliphatic rings. The standard InChI is InChI=1S/C14H22N2O2/c1-14(2,3)12(15)13(18)16-11(9-17)10-7-5-4-6-8-10/h4-8,11-12,17H,9,15H2,1-3H3,(H,16,18)/t11-,12-/m0/s1. The fraction of sp³-hybridized carbons (Fsp3) is 0.500. The zero-order chi connectivity index (χ0) is 13.8. The molecule has 0 unspecified atom stereocenters. The van der Waals surface area contributed by atoms with E-state index in [1.54, 1.807) is 0 Å². The minimum atomic E-state index is -0.602. The first kappa shape index (κ1) is 14.7. The maximum Gasteiger partial charge on any atom is 0.238 e. The molecule has 0 aromatic heterocycles. The van der Waals surface area contributed by atoms with Crippen LogP contribution in [0.5, 0.6) is 0 Å². The van der Waals surface area contributed by atoms with Gasteiger partial charge < -0.3 is 16.2 Å². The first-order valence-electron chi connectivity index (χ1n) is 6.08. The van der Waals surface area contributed by atoms with E-state index >= 15 is 0 Å². The van der Waals surface area contributed by atoms with Gasteiger partial charge in [0.15, 0.2) is 0 Å². The highest BCUT2D eigenvalue weighted by Crippen LogP contribution is 2.19. The summed E-state index contributed by atoms with van der Waals surface area (Å²) in [6.07, 6.45) is 0. The van der Waals surface area contributed by atoms with Gasteiger partial charge in [0, 0.05) is 0 Å². The molecule has 4 N–H and O–H groups in total. The lowest BCUT2D eigenvalue weighted by molar-refractivity contribution is -0.125. The van der Waals surface area contributed by atoms with Gasteiger partial charge in [0.05, 0.1) is 18.7 Å². The highest BCUT2D eigenvalue weighted by molar-refractivity contribution is 5.82. The molecule has 0 bridgehead atoms. The molecule has 0 radical (unpaired) electrons. The zero-order valence-electron chi connectivity index (χ0n) is 11.2. The lowest BCUT2D eigenvalue weighted by Crippen LogP contribution is -2.49. The molecule has 0 heterocycles. The Labute approximate surface area is 108 Å². The van der Waals surface area contributed by atoms with Crippen LogP contribution in [0, 0.1) is 5.41 Å². The van der Waals surface area contributed by atoms with Gasteiger partial charge in [-0.15, -0.1) is 0 Å². The Morgan fingerprint density at radius 1 is 1.33 bits per heavy atom. The van der Waals surface area contributed by atoms with Gasteiger partial charge in [-0.1, -0.05) is 51.1 Å². The van der Waals surface area contributed by atoms with Gasteiger partial charge in [-0.25, -0.2) is 0 Å². The molecule has 1 rings (SSSR count). The molecule has 1 aromatic rings. The Morgan fingerprint density at radius 2 is 1.89 bits per heavy atom. The number of benzene rings is 1. The van der Waals surface area contributed by atoms with E-state index in [9.17, 15) is 9.90 Å². The van der Waals surface area contributed by atoms with E-state index in [0.29, 0.717) is 0 Å². The number of amides is 1. The SMILES string of the molecule is CC(C)(C)[C@@H](N)C(=O)N[C@@H](CO)c1ccccc1. The molecule has 0 saturated carbocycles. The molecule has 4 nitrogen and oxygen atoms in total. The average Bonchev–Trinajstić information content (AvgIpc) is 2.34. The van der Waals surface area contributed by atoms with Crippen molar-refractivity contribution in [2.24, 2.45) is 11.1 Å². The number of nitrogens with two attached hydrogens (primary N) is 1. The minimum absolute atomic E-state index is 0.146. The summed E-state index contributed by atoms with van der Waals surface area (Å²) in [5.74, 6) is -0.245. The van der Waals surface area contributed by atoms with E-state index in [-0.39, 0.29) is 17.9 Å². The highest BCUT2D eigenvalue weighted by atomic mass is 16.3. The number of hydrogen-bond donors (Lipinski definition) is 3. The lowest BCUT2D eigenvalue weighted by Gasteiger charge is -2.28. The normalized spacial score (nSPS) is 14.9. The average molecular weight is 250 g/mol. The van der Waals surface area contributed by atoms with Crippen molar-refractivity contribution < 1.29 is 9.90 Å². The number of hydrogen-bond acceptors (Lipinski definition) is 3. The van der Waals surface area contributed by atoms with Crippen LogP contribution < -0.4 is 11.1 Å². The second-order valence-corrected chi connectivity index (χ2v) is 5.50. The minimum Gasteiger partial charge on any atom is -0.394 e. The van der Waals surface area contributed by atoms with Crippen LogP contribution in [0.25, 0.3) is 0 Å². The molecule has 18 heavy (non-hydrogen) atoms. The van der Waals surface area contributed by atoms with Gasteiger partial charge in [0.2, 0.25) is 5.91 Å². The molecule has 0 spiro atoms. The second kappa shape index (κ2) is 5.98. The third-order valence-electron chi connectivity index (χ3n) is 2.92. The third kappa shape index (κ3) is 3.82. The van der Waals surface area contributed by atoms with Crippen LogP contribution in [-0.2, 0) is 4.79 Å². The summed E-state index contributed by atoms with van der Waals surface area (Å²) in [6, 6.07) is 8.35. The van der Waals surface area contributed by atoms with Crippen LogP contribution in [0.1, 0.15) is 32.4 Å². The Kier molecular flexibility index (Phi) is 4.87. The van der Waals surface area contributed by atoms with Crippen molar-refractivity contribution in [3.05, 3.63) is 35.9 Å². The van der Waals surface area contributed by atoms with E-state index in [4.69, 9.17) is 5.73 Å². The molecule has 100 valence electrons. The summed E-state index contributed by atoms with van der Waals surface area (Å²) in [5.41, 5.74) is 6.45. The molecular formula is C14H22N2O2. The first-order chi connectivity index (χ1) is 8.36. The predicted molar refractivity (Wildman–Crippen MR) is 71.8 cm³/mol. The van der Waals surface area contributed by atoms with Gasteiger partial charge in [0.1, 0.15) is 0 Å². The fourth-order valence-electron chi connectivity index (χ4n) is 1.57. The lowest BCUT2D eigenvalue weighted by atomic mass is 9.86. The predicted octanol–water partition coefficient (Wildman–Crippen LogP) is 1.21. The third-order valence-corrected chi connectivity index (χ3v) is 2.92. The van der Waals surface area contributed by atoms with Crippen LogP contribution in [0.2, 0.25) is 0 Å². The molecule has 2 atom stereocenters. The number of carbonyl (C=O) groups excluding carboxylic acids is 1. The summed E-state index contributed by atoms with van der Waals surface area (Å²) in [7, 11) is 0. The summed E-state index contributed by atoms with van der Waals surface area (Å²) in [6.45, 7) is 5.59. The molecule has 1 amide bonds. The van der Waals surface area contributed by atoms with Gasteiger partial charge in [0.25, 0.3) is 0 Å². The molecule has 0 aliphatic carbocycles. The molecule has 1 aromatic carbocycles. The molecule has 0 aliphatic heterocycles. The highest BCUT2D eigenvalue weighted by Gasteiger charge is 2.28. The van der Waals surface area contributed by atoms with Crippen molar-refractivity contribution in [1.82, 2.24) is 5.32 Å². The number of aliphatic hydroxyl groups excluding tert-OH is 1. The van der Waals surface area contributed by atoms with E-state index in [0.717, 1.165) is 5.56 Å². The maximum atomic E-state index is 12.0. The summed E-state index contributed by atoms with van der Waals surface area (Å²) >= 11 is 0. The number of aliphatic hydroxyl groups is 1. The Balaban J connectivity index is 2.73. The summed E-state index contributed by atoms with van der Waals surface area (Å²) in [5, 5.41) is 12.1. The number of carbonyl (C=O) groups is 1. The number of rotatable bonds is 4. The van der Waals surface area contributed by atoms with E-state index in [1.165, 1.54) is 0 Å². The van der Waals surface area contributed by atoms with E-state index < -0.39 is 12.1 Å². The second-order valence-electron chi connectivity index (χ2n) is 5.50. The smallest absolute Gasteiger partial charge is 0.238 e. The van der Waals surface area contributed by atoms with Crippen molar-refractivity contribution in [1.29, 1.82) is 0 Å². The van der Waals surface area contributed by atoms with Gasteiger partial charge in [-0.3, -0.25) is 4.79 Å². The van der Waals surface area contributed by atoms with Crippen LogP contribution >= 0.6 is 0 Å². The van der Waals surface area contributed by atoms with Crippen molar-refractivity contribution >= 4 is 5.91 Å². The zero-order valence-corrected chi connectivity index (χ0v) is 11.2. The summed E-state index contributed by atoms with van der Waals surface area (Å²) < 4.78 is 0. The van der Waals surface area contributed by atoms with Crippen molar-refractivity contribution in [3.8, 4) is 0 Å². The van der Waals surface area contributed by atoms with Gasteiger partial charge >= 0.3 is 0 Å². The van der Waals surface area contributed by atoms with Crippen LogP contribution in [0.3, 0.4) is 0 Å². The Morgan fingerprint density at radius 3 is 2.33 bits per heavy atom. The Bertz CT molecular complexity index is 385. The van der Waals surface area contributed by atoms with E-state index in [1.807, 2.05) is 51.1 Å².